The highest BCUT2D eigenvalue weighted by Crippen LogP contribution is 2.38. The Bertz CT molecular complexity index is 2320. The number of esters is 2. The average molecular weight is 987 g/mol. The van der Waals surface area contributed by atoms with E-state index >= 15 is 0 Å². The minimum absolute atomic E-state index is 0.171. The maximum atomic E-state index is 13.4. The molecule has 0 aliphatic rings. The first kappa shape index (κ1) is 56.2. The Morgan fingerprint density at radius 3 is 1.01 bits per heavy atom. The number of unbranched alkanes of at least 4 members (excludes halogenated alkanes) is 12. The monoisotopic (exact) mass is 987 g/mol. The van der Waals surface area contributed by atoms with Crippen LogP contribution in [0.4, 0.5) is 0 Å². The van der Waals surface area contributed by atoms with Gasteiger partial charge in [0, 0.05) is 35.9 Å². The largest absolute Gasteiger partial charge is 0.459 e. The van der Waals surface area contributed by atoms with Crippen molar-refractivity contribution < 1.29 is 23.8 Å². The number of carbonyl (C=O) groups is 2. The Morgan fingerprint density at radius 2 is 0.699 bits per heavy atom. The van der Waals surface area contributed by atoms with Gasteiger partial charge in [0.05, 0.1) is 23.3 Å². The normalized spacial score (nSPS) is 13.0. The SMILES string of the molecule is CCCCCCc1cnc(-c2ccc(C(OC(c3ccc(C(=O)OC(C)CCCCCC)cc3)c3ccc(-c4ncc(CCCCCC)cn4)cc3)c3ccc(C(=O)OC(C)CCCCCC)cc3)cc2)nc1. The van der Waals surface area contributed by atoms with Gasteiger partial charge in [-0.3, -0.25) is 0 Å². The van der Waals surface area contributed by atoms with Gasteiger partial charge < -0.3 is 14.2 Å². The molecule has 0 bridgehead atoms. The Labute approximate surface area is 437 Å². The minimum atomic E-state index is -0.584. The molecule has 2 heterocycles. The standard InChI is InChI=1S/C64H82N4O5/c1-7-11-15-19-23-47(5)71-63(69)57-39-31-53(32-40-57)59(51-27-35-55(36-28-51)61-65-43-49(44-66-61)25-21-17-13-9-3)73-60(54-33-41-58(42-34-54)64(70)72-48(6)24-20-16-12-8-2)52-29-37-56(38-30-52)62-67-45-50(46-68-62)26-22-18-14-10-4/h27-48,59-60H,7-26H2,1-6H3. The number of aromatic nitrogens is 4. The first-order valence-corrected chi connectivity index (χ1v) is 27.8. The van der Waals surface area contributed by atoms with Gasteiger partial charge in [0.1, 0.15) is 12.2 Å². The third kappa shape index (κ3) is 18.1. The Hall–Kier alpha value is -6.06. The van der Waals surface area contributed by atoms with Gasteiger partial charge in [-0.2, -0.15) is 0 Å². The van der Waals surface area contributed by atoms with Crippen molar-refractivity contribution in [1.29, 1.82) is 0 Å². The smallest absolute Gasteiger partial charge is 0.338 e. The minimum Gasteiger partial charge on any atom is -0.459 e. The van der Waals surface area contributed by atoms with E-state index < -0.39 is 12.2 Å². The molecule has 0 amide bonds. The summed E-state index contributed by atoms with van der Waals surface area (Å²) >= 11 is 0. The first-order valence-electron chi connectivity index (χ1n) is 27.8. The predicted molar refractivity (Wildman–Crippen MR) is 296 cm³/mol. The molecule has 0 fully saturated rings. The van der Waals surface area contributed by atoms with Crippen molar-refractivity contribution in [2.24, 2.45) is 0 Å². The number of hydrogen-bond acceptors (Lipinski definition) is 9. The molecule has 73 heavy (non-hydrogen) atoms. The van der Waals surface area contributed by atoms with Crippen LogP contribution in [-0.4, -0.2) is 44.1 Å². The molecular formula is C64H82N4O5. The quantitative estimate of drug-likeness (QED) is 0.0301. The van der Waals surface area contributed by atoms with Gasteiger partial charge >= 0.3 is 11.9 Å². The van der Waals surface area contributed by atoms with E-state index in [1.54, 1.807) is 0 Å². The average Bonchev–Trinajstić information content (AvgIpc) is 3.42. The van der Waals surface area contributed by atoms with Crippen molar-refractivity contribution in [2.45, 2.75) is 194 Å². The summed E-state index contributed by atoms with van der Waals surface area (Å²) < 4.78 is 19.2. The van der Waals surface area contributed by atoms with Crippen molar-refractivity contribution in [2.75, 3.05) is 0 Å². The van der Waals surface area contributed by atoms with Crippen LogP contribution in [-0.2, 0) is 27.1 Å². The van der Waals surface area contributed by atoms with Gasteiger partial charge in [0.25, 0.3) is 0 Å². The first-order chi connectivity index (χ1) is 35.7. The number of aryl methyl sites for hydroxylation is 2. The molecule has 0 spiro atoms. The third-order valence-electron chi connectivity index (χ3n) is 13.7. The van der Waals surface area contributed by atoms with Gasteiger partial charge in [-0.1, -0.05) is 178 Å². The third-order valence-corrected chi connectivity index (χ3v) is 13.7. The van der Waals surface area contributed by atoms with Crippen molar-refractivity contribution in [3.05, 3.63) is 166 Å². The molecule has 6 rings (SSSR count). The highest BCUT2D eigenvalue weighted by Gasteiger charge is 2.26. The fourth-order valence-electron chi connectivity index (χ4n) is 9.15. The lowest BCUT2D eigenvalue weighted by molar-refractivity contribution is 0.0298. The summed E-state index contributed by atoms with van der Waals surface area (Å²) in [5.41, 5.74) is 8.61. The summed E-state index contributed by atoms with van der Waals surface area (Å²) in [7, 11) is 0. The molecule has 0 N–H and O–H groups in total. The number of rotatable bonds is 32. The van der Waals surface area contributed by atoms with Crippen LogP contribution in [0, 0.1) is 0 Å². The highest BCUT2D eigenvalue weighted by atomic mass is 16.5. The summed E-state index contributed by atoms with van der Waals surface area (Å²) in [5, 5.41) is 0. The van der Waals surface area contributed by atoms with Crippen LogP contribution in [0.1, 0.15) is 223 Å². The second kappa shape index (κ2) is 30.9. The molecule has 4 aromatic carbocycles. The van der Waals surface area contributed by atoms with Gasteiger partial charge in [0.2, 0.25) is 0 Å². The Balaban J connectivity index is 1.32. The van der Waals surface area contributed by atoms with Crippen LogP contribution in [0.5, 0.6) is 0 Å². The Morgan fingerprint density at radius 1 is 0.397 bits per heavy atom. The lowest BCUT2D eigenvalue weighted by Crippen LogP contribution is -2.16. The van der Waals surface area contributed by atoms with Crippen LogP contribution < -0.4 is 0 Å². The fraction of sp³-hybridized carbons (Fsp3) is 0.469. The number of hydrogen-bond donors (Lipinski definition) is 0. The van der Waals surface area contributed by atoms with Gasteiger partial charge in [-0.25, -0.2) is 29.5 Å². The maximum absolute atomic E-state index is 13.4. The molecular weight excluding hydrogens is 905 g/mol. The van der Waals surface area contributed by atoms with E-state index in [1.165, 1.54) is 51.4 Å². The van der Waals surface area contributed by atoms with E-state index in [9.17, 15) is 9.59 Å². The summed E-state index contributed by atoms with van der Waals surface area (Å²) in [6, 6.07) is 31.6. The van der Waals surface area contributed by atoms with Crippen molar-refractivity contribution in [3.63, 3.8) is 0 Å². The molecule has 2 aromatic heterocycles. The molecule has 6 aromatic rings. The fourth-order valence-corrected chi connectivity index (χ4v) is 9.15. The van der Waals surface area contributed by atoms with E-state index in [4.69, 9.17) is 34.1 Å². The van der Waals surface area contributed by atoms with Crippen LogP contribution in [0.2, 0.25) is 0 Å². The van der Waals surface area contributed by atoms with Crippen LogP contribution in [0.25, 0.3) is 22.8 Å². The molecule has 9 nitrogen and oxygen atoms in total. The van der Waals surface area contributed by atoms with E-state index in [-0.39, 0.29) is 24.1 Å². The molecule has 0 radical (unpaired) electrons. The van der Waals surface area contributed by atoms with Gasteiger partial charge in [0.15, 0.2) is 11.6 Å². The topological polar surface area (TPSA) is 113 Å². The lowest BCUT2D eigenvalue weighted by Gasteiger charge is -2.27. The molecule has 388 valence electrons. The zero-order valence-corrected chi connectivity index (χ0v) is 44.8. The lowest BCUT2D eigenvalue weighted by atomic mass is 9.95. The van der Waals surface area contributed by atoms with Crippen LogP contribution in [0.3, 0.4) is 0 Å². The zero-order chi connectivity index (χ0) is 51.6. The Kier molecular flexibility index (Phi) is 23.8. The molecule has 0 saturated heterocycles. The summed E-state index contributed by atoms with van der Waals surface area (Å²) in [6.45, 7) is 12.8. The summed E-state index contributed by atoms with van der Waals surface area (Å²) in [4.78, 5) is 45.9. The molecule has 0 aliphatic carbocycles. The van der Waals surface area contributed by atoms with Crippen molar-refractivity contribution in [3.8, 4) is 22.8 Å². The predicted octanol–water partition coefficient (Wildman–Crippen LogP) is 16.8. The molecule has 0 saturated carbocycles. The van der Waals surface area contributed by atoms with E-state index in [0.717, 1.165) is 122 Å². The molecule has 4 unspecified atom stereocenters. The second-order valence-corrected chi connectivity index (χ2v) is 20.0. The maximum Gasteiger partial charge on any atom is 0.338 e. The van der Waals surface area contributed by atoms with E-state index in [2.05, 4.69) is 52.0 Å². The van der Waals surface area contributed by atoms with E-state index in [1.807, 2.05) is 111 Å². The van der Waals surface area contributed by atoms with Crippen LogP contribution >= 0.6 is 0 Å². The molecule has 9 heteroatoms. The highest BCUT2D eigenvalue weighted by molar-refractivity contribution is 5.90. The summed E-state index contributed by atoms with van der Waals surface area (Å²) in [5.74, 6) is 0.654. The van der Waals surface area contributed by atoms with E-state index in [0.29, 0.717) is 22.8 Å². The van der Waals surface area contributed by atoms with Crippen LogP contribution in [0.15, 0.2) is 122 Å². The number of carbonyl (C=O) groups excluding carboxylic acids is 2. The number of ether oxygens (including phenoxy) is 3. The summed E-state index contributed by atoms with van der Waals surface area (Å²) in [6.07, 6.45) is 28.5. The number of benzene rings is 4. The van der Waals surface area contributed by atoms with Crippen molar-refractivity contribution >= 4 is 11.9 Å². The number of nitrogens with zero attached hydrogens (tertiary/aromatic N) is 4. The van der Waals surface area contributed by atoms with Gasteiger partial charge in [-0.15, -0.1) is 0 Å². The van der Waals surface area contributed by atoms with Gasteiger partial charge in [-0.05, 0) is 123 Å². The molecule has 0 aliphatic heterocycles. The second-order valence-electron chi connectivity index (χ2n) is 20.0. The zero-order valence-electron chi connectivity index (χ0n) is 44.8. The van der Waals surface area contributed by atoms with Crippen molar-refractivity contribution in [1.82, 2.24) is 19.9 Å². The molecule has 4 atom stereocenters.